The highest BCUT2D eigenvalue weighted by molar-refractivity contribution is 6.40. The van der Waals surface area contributed by atoms with E-state index in [1.54, 1.807) is 24.5 Å². The lowest BCUT2D eigenvalue weighted by Crippen LogP contribution is -2.03. The maximum atomic E-state index is 12.1. The number of carbonyl (C=O) groups excluding carboxylic acids is 1. The number of rotatable bonds is 3. The number of aromatic nitrogens is 2. The molecule has 1 N–H and O–H groups in total. The van der Waals surface area contributed by atoms with Crippen LogP contribution in [0.1, 0.15) is 16.2 Å². The van der Waals surface area contributed by atoms with Gasteiger partial charge in [0.05, 0.1) is 10.6 Å². The Morgan fingerprint density at radius 3 is 2.71 bits per heavy atom. The summed E-state index contributed by atoms with van der Waals surface area (Å²) in [6.07, 6.45) is 3.18. The molecule has 5 heteroatoms. The highest BCUT2D eigenvalue weighted by atomic mass is 35.5. The van der Waals surface area contributed by atoms with Gasteiger partial charge in [0.25, 0.3) is 0 Å². The molecule has 0 amide bonds. The van der Waals surface area contributed by atoms with E-state index in [9.17, 15) is 4.79 Å². The van der Waals surface area contributed by atoms with Gasteiger partial charge < -0.3 is 4.98 Å². The number of nitrogens with one attached hydrogen (secondary N) is 1. The molecule has 1 heterocycles. The largest absolute Gasteiger partial charge is 0.345 e. The van der Waals surface area contributed by atoms with Crippen molar-refractivity contribution in [1.82, 2.24) is 9.97 Å². The van der Waals surface area contributed by atoms with Crippen molar-refractivity contribution in [2.75, 3.05) is 0 Å². The number of aromatic amines is 1. The number of benzene rings is 1. The van der Waals surface area contributed by atoms with Crippen LogP contribution in [0.15, 0.2) is 37.2 Å². The van der Waals surface area contributed by atoms with Crippen molar-refractivity contribution in [3.63, 3.8) is 0 Å². The zero-order valence-electron chi connectivity index (χ0n) is 8.71. The fourth-order valence-electron chi connectivity index (χ4n) is 1.37. The Morgan fingerprint density at radius 2 is 2.12 bits per heavy atom. The van der Waals surface area contributed by atoms with E-state index in [4.69, 9.17) is 23.2 Å². The topological polar surface area (TPSA) is 45.8 Å². The molecule has 0 fully saturated rings. The molecule has 0 unspecified atom stereocenters. The molecule has 1 aromatic carbocycles. The average molecular weight is 267 g/mol. The van der Waals surface area contributed by atoms with Gasteiger partial charge in [-0.25, -0.2) is 4.98 Å². The molecule has 17 heavy (non-hydrogen) atoms. The van der Waals surface area contributed by atoms with Gasteiger partial charge in [-0.05, 0) is 18.2 Å². The second-order valence-electron chi connectivity index (χ2n) is 3.37. The van der Waals surface area contributed by atoms with Crippen LogP contribution >= 0.6 is 23.2 Å². The Bertz CT molecular complexity index is 576. The number of halogens is 2. The number of imidazole rings is 1. The van der Waals surface area contributed by atoms with E-state index in [-0.39, 0.29) is 11.4 Å². The summed E-state index contributed by atoms with van der Waals surface area (Å²) < 4.78 is 0. The molecule has 0 atom stereocenters. The van der Waals surface area contributed by atoms with E-state index in [2.05, 4.69) is 16.5 Å². The number of Topliss-reactive ketones (excluding diaryl/α,β-unsaturated/α-hetero) is 1. The van der Waals surface area contributed by atoms with Gasteiger partial charge in [0.15, 0.2) is 5.78 Å². The van der Waals surface area contributed by atoms with Crippen molar-refractivity contribution in [3.8, 4) is 0 Å². The zero-order chi connectivity index (χ0) is 12.4. The van der Waals surface area contributed by atoms with Crippen molar-refractivity contribution >= 4 is 34.6 Å². The fourth-order valence-corrected chi connectivity index (χ4v) is 1.87. The van der Waals surface area contributed by atoms with Crippen molar-refractivity contribution in [3.05, 3.63) is 58.6 Å². The molecule has 0 saturated heterocycles. The Morgan fingerprint density at radius 1 is 1.35 bits per heavy atom. The van der Waals surface area contributed by atoms with E-state index >= 15 is 0 Å². The predicted molar refractivity (Wildman–Crippen MR) is 68.4 cm³/mol. The maximum absolute atomic E-state index is 12.1. The van der Waals surface area contributed by atoms with Crippen LogP contribution in [0.5, 0.6) is 0 Å². The molecule has 0 aliphatic carbocycles. The van der Waals surface area contributed by atoms with Crippen LogP contribution in [0.3, 0.4) is 0 Å². The molecule has 0 spiro atoms. The Balaban J connectivity index is 2.35. The quantitative estimate of drug-likeness (QED) is 0.682. The Labute approximate surface area is 108 Å². The Kier molecular flexibility index (Phi) is 3.31. The summed E-state index contributed by atoms with van der Waals surface area (Å²) >= 11 is 11.7. The van der Waals surface area contributed by atoms with Gasteiger partial charge in [0, 0.05) is 23.0 Å². The minimum Gasteiger partial charge on any atom is -0.345 e. The number of ketones is 1. The van der Waals surface area contributed by atoms with Gasteiger partial charge in [0.2, 0.25) is 0 Å². The summed E-state index contributed by atoms with van der Waals surface area (Å²) in [5, 5.41) is 0.783. The highest BCUT2D eigenvalue weighted by Gasteiger charge is 2.16. The summed E-state index contributed by atoms with van der Waals surface area (Å²) in [5.74, 6) is 0.155. The predicted octanol–water partition coefficient (Wildman–Crippen LogP) is 3.61. The summed E-state index contributed by atoms with van der Waals surface area (Å²) in [5.41, 5.74) is 0.622. The minimum atomic E-state index is -0.276. The monoisotopic (exact) mass is 266 g/mol. The van der Waals surface area contributed by atoms with Crippen molar-refractivity contribution in [1.29, 1.82) is 0 Å². The molecule has 3 nitrogen and oxygen atoms in total. The SMILES string of the molecule is C=C(C(=O)c1ccc(Cl)cc1Cl)c1ncc[nH]1. The van der Waals surface area contributed by atoms with Crippen LogP contribution in [-0.2, 0) is 0 Å². The second kappa shape index (κ2) is 4.73. The van der Waals surface area contributed by atoms with Crippen LogP contribution < -0.4 is 0 Å². The van der Waals surface area contributed by atoms with E-state index in [0.29, 0.717) is 21.4 Å². The lowest BCUT2D eigenvalue weighted by molar-refractivity contribution is 0.105. The fraction of sp³-hybridized carbons (Fsp3) is 0. The van der Waals surface area contributed by atoms with E-state index in [1.807, 2.05) is 0 Å². The van der Waals surface area contributed by atoms with E-state index in [0.717, 1.165) is 0 Å². The van der Waals surface area contributed by atoms with Crippen LogP contribution in [0.25, 0.3) is 5.57 Å². The van der Waals surface area contributed by atoms with Crippen molar-refractivity contribution in [2.45, 2.75) is 0 Å². The molecular formula is C12H8Cl2N2O. The number of carbonyl (C=O) groups is 1. The third-order valence-electron chi connectivity index (χ3n) is 2.23. The molecule has 0 saturated carbocycles. The standard InChI is InChI=1S/C12H8Cl2N2O/c1-7(12-15-4-5-16-12)11(17)9-3-2-8(13)6-10(9)14/h2-6H,1H2,(H,15,16). The van der Waals surface area contributed by atoms with E-state index in [1.165, 1.54) is 6.07 Å². The number of allylic oxidation sites excluding steroid dienone is 1. The first-order valence-electron chi connectivity index (χ1n) is 4.78. The van der Waals surface area contributed by atoms with Crippen LogP contribution in [0, 0.1) is 0 Å². The highest BCUT2D eigenvalue weighted by Crippen LogP contribution is 2.24. The van der Waals surface area contributed by atoms with Gasteiger partial charge in [0.1, 0.15) is 5.82 Å². The number of hydrogen-bond donors (Lipinski definition) is 1. The van der Waals surface area contributed by atoms with Gasteiger partial charge >= 0.3 is 0 Å². The maximum Gasteiger partial charge on any atom is 0.197 e. The molecule has 0 aliphatic heterocycles. The third kappa shape index (κ3) is 2.40. The summed E-state index contributed by atoms with van der Waals surface area (Å²) in [7, 11) is 0. The summed E-state index contributed by atoms with van der Waals surface area (Å²) in [4.78, 5) is 18.9. The van der Waals surface area contributed by atoms with E-state index < -0.39 is 0 Å². The average Bonchev–Trinajstić information content (AvgIpc) is 2.80. The van der Waals surface area contributed by atoms with Crippen molar-refractivity contribution in [2.24, 2.45) is 0 Å². The number of hydrogen-bond acceptors (Lipinski definition) is 2. The lowest BCUT2D eigenvalue weighted by atomic mass is 10.0. The Hall–Kier alpha value is -1.58. The first kappa shape index (κ1) is 11.9. The van der Waals surface area contributed by atoms with Gasteiger partial charge in [-0.1, -0.05) is 29.8 Å². The normalized spacial score (nSPS) is 10.2. The smallest absolute Gasteiger partial charge is 0.197 e. The third-order valence-corrected chi connectivity index (χ3v) is 2.78. The first-order chi connectivity index (χ1) is 8.09. The van der Waals surface area contributed by atoms with Crippen LogP contribution in [0.2, 0.25) is 10.0 Å². The first-order valence-corrected chi connectivity index (χ1v) is 5.53. The molecule has 2 rings (SSSR count). The molecule has 0 bridgehead atoms. The summed E-state index contributed by atoms with van der Waals surface area (Å²) in [6, 6.07) is 4.70. The van der Waals surface area contributed by atoms with Gasteiger partial charge in [-0.15, -0.1) is 0 Å². The van der Waals surface area contributed by atoms with Crippen LogP contribution in [-0.4, -0.2) is 15.8 Å². The molecule has 2 aromatic rings. The molecule has 0 aliphatic rings. The molecular weight excluding hydrogens is 259 g/mol. The molecule has 86 valence electrons. The summed E-state index contributed by atoms with van der Waals surface area (Å²) in [6.45, 7) is 3.70. The second-order valence-corrected chi connectivity index (χ2v) is 4.21. The van der Waals surface area contributed by atoms with Crippen molar-refractivity contribution < 1.29 is 4.79 Å². The molecule has 0 radical (unpaired) electrons. The molecule has 1 aromatic heterocycles. The number of nitrogens with zero attached hydrogens (tertiary/aromatic N) is 1. The van der Waals surface area contributed by atoms with Gasteiger partial charge in [-0.2, -0.15) is 0 Å². The van der Waals surface area contributed by atoms with Gasteiger partial charge in [-0.3, -0.25) is 4.79 Å². The van der Waals surface area contributed by atoms with Crippen LogP contribution in [0.4, 0.5) is 0 Å². The number of H-pyrrole nitrogens is 1. The lowest BCUT2D eigenvalue weighted by Gasteiger charge is -2.04. The zero-order valence-corrected chi connectivity index (χ0v) is 10.2. The minimum absolute atomic E-state index is 0.263.